The van der Waals surface area contributed by atoms with Gasteiger partial charge >= 0.3 is 6.03 Å². The number of urea groups is 1. The van der Waals surface area contributed by atoms with Crippen molar-refractivity contribution < 1.29 is 9.59 Å². The van der Waals surface area contributed by atoms with Crippen LogP contribution in [0.2, 0.25) is 10.0 Å². The topological polar surface area (TPSA) is 61.4 Å². The second-order valence-corrected chi connectivity index (χ2v) is 5.01. The van der Waals surface area contributed by atoms with Crippen LogP contribution in [0.25, 0.3) is 0 Å². The summed E-state index contributed by atoms with van der Waals surface area (Å²) in [7, 11) is 0. The van der Waals surface area contributed by atoms with Crippen LogP contribution in [-0.2, 0) is 4.79 Å². The van der Waals surface area contributed by atoms with E-state index in [9.17, 15) is 9.59 Å². The normalized spacial score (nSPS) is 14.5. The highest BCUT2D eigenvalue weighted by Gasteiger charge is 2.25. The van der Waals surface area contributed by atoms with Crippen molar-refractivity contribution in [3.05, 3.63) is 27.7 Å². The highest BCUT2D eigenvalue weighted by atomic mass is 35.5. The number of anilines is 1. The fourth-order valence-corrected chi connectivity index (χ4v) is 2.22. The van der Waals surface area contributed by atoms with Gasteiger partial charge < -0.3 is 10.6 Å². The molecule has 102 valence electrons. The molecule has 0 spiro atoms. The summed E-state index contributed by atoms with van der Waals surface area (Å²) in [6.07, 6.45) is 0. The molecule has 1 aromatic carbocycles. The number of nitrogens with one attached hydrogen (secondary N) is 2. The van der Waals surface area contributed by atoms with Crippen LogP contribution in [0.5, 0.6) is 0 Å². The van der Waals surface area contributed by atoms with Gasteiger partial charge in [-0.05, 0) is 24.6 Å². The Morgan fingerprint density at radius 3 is 2.58 bits per heavy atom. The number of rotatable bonds is 3. The van der Waals surface area contributed by atoms with E-state index < -0.39 is 0 Å². The van der Waals surface area contributed by atoms with Gasteiger partial charge in [0.25, 0.3) is 0 Å². The molecule has 19 heavy (non-hydrogen) atoms. The summed E-state index contributed by atoms with van der Waals surface area (Å²) < 4.78 is 0. The largest absolute Gasteiger partial charge is 0.376 e. The van der Waals surface area contributed by atoms with Crippen LogP contribution < -0.4 is 10.6 Å². The average molecular weight is 302 g/mol. The van der Waals surface area contributed by atoms with Gasteiger partial charge in [-0.25, -0.2) is 4.79 Å². The molecule has 0 aliphatic carbocycles. The number of imide groups is 1. The first kappa shape index (κ1) is 14.0. The van der Waals surface area contributed by atoms with E-state index in [2.05, 4.69) is 10.6 Å². The maximum Gasteiger partial charge on any atom is 0.324 e. The summed E-state index contributed by atoms with van der Waals surface area (Å²) in [6.45, 7) is 2.72. The van der Waals surface area contributed by atoms with E-state index in [1.54, 1.807) is 12.1 Å². The van der Waals surface area contributed by atoms with Gasteiger partial charge in [-0.15, -0.1) is 0 Å². The predicted octanol–water partition coefficient (Wildman–Crippen LogP) is 2.27. The van der Waals surface area contributed by atoms with Crippen molar-refractivity contribution in [3.63, 3.8) is 0 Å². The van der Waals surface area contributed by atoms with E-state index in [1.807, 2.05) is 6.92 Å². The van der Waals surface area contributed by atoms with Crippen LogP contribution in [0, 0.1) is 6.92 Å². The number of amides is 3. The number of hydrogen-bond donors (Lipinski definition) is 2. The van der Waals surface area contributed by atoms with Crippen molar-refractivity contribution in [1.82, 2.24) is 10.2 Å². The molecule has 0 aromatic heterocycles. The van der Waals surface area contributed by atoms with Crippen LogP contribution in [0.4, 0.5) is 10.5 Å². The first-order chi connectivity index (χ1) is 8.99. The molecule has 0 radical (unpaired) electrons. The Balaban J connectivity index is 1.99. The molecule has 2 rings (SSSR count). The van der Waals surface area contributed by atoms with Crippen molar-refractivity contribution in [2.75, 3.05) is 25.0 Å². The van der Waals surface area contributed by atoms with Gasteiger partial charge in [-0.1, -0.05) is 23.2 Å². The van der Waals surface area contributed by atoms with E-state index in [-0.39, 0.29) is 18.5 Å². The molecule has 2 N–H and O–H groups in total. The molecule has 1 fully saturated rings. The molecule has 1 aliphatic heterocycles. The van der Waals surface area contributed by atoms with Crippen molar-refractivity contribution in [1.29, 1.82) is 0 Å². The summed E-state index contributed by atoms with van der Waals surface area (Å²) >= 11 is 12.0. The number of nitrogens with zero attached hydrogens (tertiary/aromatic N) is 1. The number of benzene rings is 1. The predicted molar refractivity (Wildman–Crippen MR) is 74.8 cm³/mol. The van der Waals surface area contributed by atoms with Gasteiger partial charge in [0.05, 0.1) is 6.54 Å². The Morgan fingerprint density at radius 1 is 1.42 bits per heavy atom. The molecular formula is C12H13Cl2N3O2. The van der Waals surface area contributed by atoms with Crippen LogP contribution in [-0.4, -0.2) is 36.5 Å². The highest BCUT2D eigenvalue weighted by Crippen LogP contribution is 2.27. The van der Waals surface area contributed by atoms with Crippen LogP contribution in [0.3, 0.4) is 0 Å². The van der Waals surface area contributed by atoms with E-state index in [1.165, 1.54) is 4.90 Å². The molecule has 0 bridgehead atoms. The lowest BCUT2D eigenvalue weighted by atomic mass is 10.2. The lowest BCUT2D eigenvalue weighted by Crippen LogP contribution is -2.38. The first-order valence-electron chi connectivity index (χ1n) is 5.77. The molecule has 0 unspecified atom stereocenters. The lowest BCUT2D eigenvalue weighted by molar-refractivity contribution is -0.125. The van der Waals surface area contributed by atoms with E-state index in [0.29, 0.717) is 28.8 Å². The van der Waals surface area contributed by atoms with Gasteiger partial charge in [0.15, 0.2) is 0 Å². The number of hydrogen-bond acceptors (Lipinski definition) is 3. The lowest BCUT2D eigenvalue weighted by Gasteiger charge is -2.14. The summed E-state index contributed by atoms with van der Waals surface area (Å²) in [5, 5.41) is 6.54. The zero-order valence-electron chi connectivity index (χ0n) is 10.3. The van der Waals surface area contributed by atoms with Gasteiger partial charge in [0, 0.05) is 28.8 Å². The Labute approximate surface area is 120 Å². The fourth-order valence-electron chi connectivity index (χ4n) is 1.73. The third-order valence-corrected chi connectivity index (χ3v) is 3.67. The zero-order chi connectivity index (χ0) is 14.0. The SMILES string of the molecule is Cc1c(Cl)cc(NCC(=O)N2CCNC2=O)cc1Cl. The van der Waals surface area contributed by atoms with Crippen molar-refractivity contribution in [2.24, 2.45) is 0 Å². The molecule has 1 saturated heterocycles. The van der Waals surface area contributed by atoms with Crippen LogP contribution >= 0.6 is 23.2 Å². The Kier molecular flexibility index (Phi) is 4.17. The molecule has 0 saturated carbocycles. The maximum absolute atomic E-state index is 11.8. The minimum Gasteiger partial charge on any atom is -0.376 e. The third kappa shape index (κ3) is 3.11. The quantitative estimate of drug-likeness (QED) is 0.900. The fraction of sp³-hybridized carbons (Fsp3) is 0.333. The van der Waals surface area contributed by atoms with Crippen LogP contribution in [0.1, 0.15) is 5.56 Å². The number of carbonyl (C=O) groups excluding carboxylic acids is 2. The highest BCUT2D eigenvalue weighted by molar-refractivity contribution is 6.36. The number of carbonyl (C=O) groups is 2. The van der Waals surface area contributed by atoms with Crippen molar-refractivity contribution >= 4 is 40.8 Å². The van der Waals surface area contributed by atoms with E-state index >= 15 is 0 Å². The second kappa shape index (κ2) is 5.67. The Morgan fingerprint density at radius 2 is 2.05 bits per heavy atom. The van der Waals surface area contributed by atoms with Crippen molar-refractivity contribution in [3.8, 4) is 0 Å². The van der Waals surface area contributed by atoms with Gasteiger partial charge in [0.1, 0.15) is 0 Å². The molecule has 1 aliphatic rings. The molecule has 3 amide bonds. The molecule has 0 atom stereocenters. The maximum atomic E-state index is 11.8. The Bertz CT molecular complexity index is 511. The zero-order valence-corrected chi connectivity index (χ0v) is 11.8. The molecule has 7 heteroatoms. The average Bonchev–Trinajstić information content (AvgIpc) is 2.79. The molecule has 5 nitrogen and oxygen atoms in total. The van der Waals surface area contributed by atoms with Crippen molar-refractivity contribution in [2.45, 2.75) is 6.92 Å². The molecule has 1 aromatic rings. The second-order valence-electron chi connectivity index (χ2n) is 4.20. The third-order valence-electron chi connectivity index (χ3n) is 2.88. The first-order valence-corrected chi connectivity index (χ1v) is 6.52. The summed E-state index contributed by atoms with van der Waals surface area (Å²) in [6, 6.07) is 3.03. The summed E-state index contributed by atoms with van der Waals surface area (Å²) in [4.78, 5) is 24.3. The minimum absolute atomic E-state index is 0.0170. The minimum atomic E-state index is -0.355. The van der Waals surface area contributed by atoms with Gasteiger partial charge in [-0.3, -0.25) is 9.69 Å². The molecule has 1 heterocycles. The van der Waals surface area contributed by atoms with Gasteiger partial charge in [-0.2, -0.15) is 0 Å². The van der Waals surface area contributed by atoms with Crippen LogP contribution in [0.15, 0.2) is 12.1 Å². The van der Waals surface area contributed by atoms with E-state index in [4.69, 9.17) is 23.2 Å². The number of halogens is 2. The van der Waals surface area contributed by atoms with E-state index in [0.717, 1.165) is 5.56 Å². The smallest absolute Gasteiger partial charge is 0.324 e. The molecular weight excluding hydrogens is 289 g/mol. The van der Waals surface area contributed by atoms with Gasteiger partial charge in [0.2, 0.25) is 5.91 Å². The Hall–Kier alpha value is -1.46. The summed E-state index contributed by atoms with van der Waals surface area (Å²) in [5.74, 6) is -0.289. The standard InChI is InChI=1S/C12H13Cl2N3O2/c1-7-9(13)4-8(5-10(7)14)16-6-11(18)17-3-2-15-12(17)19/h4-5,16H,2-3,6H2,1H3,(H,15,19). The monoisotopic (exact) mass is 301 g/mol. The summed E-state index contributed by atoms with van der Waals surface area (Å²) in [5.41, 5.74) is 1.44.